The van der Waals surface area contributed by atoms with Gasteiger partial charge < -0.3 is 10.1 Å². The molecule has 1 aromatic carbocycles. The fourth-order valence-electron chi connectivity index (χ4n) is 1.45. The van der Waals surface area contributed by atoms with Gasteiger partial charge in [0.1, 0.15) is 0 Å². The van der Waals surface area contributed by atoms with Crippen LogP contribution < -0.4 is 5.32 Å². The van der Waals surface area contributed by atoms with Crippen molar-refractivity contribution < 1.29 is 18.8 Å². The van der Waals surface area contributed by atoms with E-state index >= 15 is 0 Å². The first-order chi connectivity index (χ1) is 9.41. The molecule has 0 unspecified atom stereocenters. The van der Waals surface area contributed by atoms with Gasteiger partial charge in [-0.05, 0) is 18.1 Å². The number of amides is 1. The molecule has 1 aromatic rings. The Balaban J connectivity index is 2.48. The van der Waals surface area contributed by atoms with Crippen LogP contribution in [-0.2, 0) is 4.74 Å². The first kappa shape index (κ1) is 16.0. The van der Waals surface area contributed by atoms with Crippen LogP contribution in [0.2, 0.25) is 0 Å². The lowest BCUT2D eigenvalue weighted by Crippen LogP contribution is -2.27. The van der Waals surface area contributed by atoms with E-state index < -0.39 is 22.3 Å². The van der Waals surface area contributed by atoms with Gasteiger partial charge in [-0.15, -0.1) is 0 Å². The van der Waals surface area contributed by atoms with E-state index in [0.29, 0.717) is 25.7 Å². The largest absolute Gasteiger partial charge is 0.379 e. The van der Waals surface area contributed by atoms with Crippen molar-refractivity contribution in [1.82, 2.24) is 5.32 Å². The van der Waals surface area contributed by atoms with Crippen LogP contribution >= 0.6 is 0 Å². The van der Waals surface area contributed by atoms with Gasteiger partial charge in [0.15, 0.2) is 0 Å². The van der Waals surface area contributed by atoms with Gasteiger partial charge in [-0.1, -0.05) is 13.8 Å². The summed E-state index contributed by atoms with van der Waals surface area (Å²) in [5.41, 5.74) is -0.612. The van der Waals surface area contributed by atoms with Crippen molar-refractivity contribution in [2.45, 2.75) is 13.8 Å². The standard InChI is InChI=1S/C13H17FN2O4/c1-9(2)8-20-6-5-15-13(17)10-3-4-12(16(18)19)11(14)7-10/h3-4,7,9H,5-6,8H2,1-2H3,(H,15,17). The highest BCUT2D eigenvalue weighted by Crippen LogP contribution is 2.17. The molecule has 0 spiro atoms. The third kappa shape index (κ3) is 4.93. The third-order valence-corrected chi connectivity index (χ3v) is 2.39. The molecule has 1 amide bonds. The molecule has 110 valence electrons. The molecule has 20 heavy (non-hydrogen) atoms. The first-order valence-electron chi connectivity index (χ1n) is 6.21. The number of nitrogens with zero attached hydrogens (tertiary/aromatic N) is 1. The summed E-state index contributed by atoms with van der Waals surface area (Å²) < 4.78 is 18.6. The van der Waals surface area contributed by atoms with E-state index in [-0.39, 0.29) is 5.56 Å². The molecule has 1 rings (SSSR count). The molecule has 7 heteroatoms. The molecule has 0 saturated carbocycles. The first-order valence-corrected chi connectivity index (χ1v) is 6.21. The summed E-state index contributed by atoms with van der Waals surface area (Å²) in [4.78, 5) is 21.3. The summed E-state index contributed by atoms with van der Waals surface area (Å²) >= 11 is 0. The molecule has 0 aliphatic heterocycles. The molecule has 0 radical (unpaired) electrons. The molecule has 0 fully saturated rings. The fraction of sp³-hybridized carbons (Fsp3) is 0.462. The zero-order chi connectivity index (χ0) is 15.1. The maximum atomic E-state index is 13.3. The van der Waals surface area contributed by atoms with Gasteiger partial charge in [-0.3, -0.25) is 14.9 Å². The SMILES string of the molecule is CC(C)COCCNC(=O)c1ccc([N+](=O)[O-])c(F)c1. The number of halogens is 1. The highest BCUT2D eigenvalue weighted by molar-refractivity contribution is 5.94. The number of ether oxygens (including phenoxy) is 1. The molecular weight excluding hydrogens is 267 g/mol. The Bertz CT molecular complexity index is 491. The fourth-order valence-corrected chi connectivity index (χ4v) is 1.45. The molecule has 0 saturated heterocycles. The summed E-state index contributed by atoms with van der Waals surface area (Å²) in [5.74, 6) is -1.11. The summed E-state index contributed by atoms with van der Waals surface area (Å²) in [6, 6.07) is 3.04. The van der Waals surface area contributed by atoms with E-state index in [2.05, 4.69) is 5.32 Å². The van der Waals surface area contributed by atoms with Gasteiger partial charge in [0.05, 0.1) is 11.5 Å². The molecule has 0 atom stereocenters. The monoisotopic (exact) mass is 284 g/mol. The van der Waals surface area contributed by atoms with Gasteiger partial charge in [0, 0.05) is 24.8 Å². The van der Waals surface area contributed by atoms with Crippen LogP contribution in [0.15, 0.2) is 18.2 Å². The summed E-state index contributed by atoms with van der Waals surface area (Å²) in [7, 11) is 0. The minimum atomic E-state index is -1.03. The van der Waals surface area contributed by atoms with Crippen molar-refractivity contribution in [3.8, 4) is 0 Å². The predicted molar refractivity (Wildman–Crippen MR) is 71.0 cm³/mol. The minimum absolute atomic E-state index is 0.0389. The molecule has 1 N–H and O–H groups in total. The maximum Gasteiger partial charge on any atom is 0.304 e. The summed E-state index contributed by atoms with van der Waals surface area (Å²) in [6.45, 7) is 5.28. The highest BCUT2D eigenvalue weighted by atomic mass is 19.1. The number of nitro benzene ring substituents is 1. The van der Waals surface area contributed by atoms with Gasteiger partial charge in [-0.2, -0.15) is 4.39 Å². The molecule has 0 aliphatic rings. The number of nitrogens with one attached hydrogen (secondary N) is 1. The zero-order valence-electron chi connectivity index (χ0n) is 11.4. The number of hydrogen-bond acceptors (Lipinski definition) is 4. The Morgan fingerprint density at radius 1 is 1.50 bits per heavy atom. The van der Waals surface area contributed by atoms with E-state index in [4.69, 9.17) is 4.74 Å². The molecular formula is C13H17FN2O4. The lowest BCUT2D eigenvalue weighted by atomic mass is 10.2. The van der Waals surface area contributed by atoms with Crippen LogP contribution in [0.5, 0.6) is 0 Å². The van der Waals surface area contributed by atoms with E-state index in [1.807, 2.05) is 13.8 Å². The van der Waals surface area contributed by atoms with Crippen molar-refractivity contribution in [2.24, 2.45) is 5.92 Å². The number of carbonyl (C=O) groups is 1. The van der Waals surface area contributed by atoms with Crippen molar-refractivity contribution in [3.05, 3.63) is 39.7 Å². The van der Waals surface area contributed by atoms with Gasteiger partial charge in [0.2, 0.25) is 5.82 Å². The molecule has 0 bridgehead atoms. The topological polar surface area (TPSA) is 81.5 Å². The van der Waals surface area contributed by atoms with Gasteiger partial charge in [0.25, 0.3) is 5.91 Å². The van der Waals surface area contributed by atoms with Crippen LogP contribution in [0.3, 0.4) is 0 Å². The number of carbonyl (C=O) groups excluding carboxylic acids is 1. The summed E-state index contributed by atoms with van der Waals surface area (Å²) in [5, 5.41) is 13.0. The van der Waals surface area contributed by atoms with Crippen LogP contribution in [0, 0.1) is 21.8 Å². The second kappa shape index (κ2) is 7.54. The molecule has 6 nitrogen and oxygen atoms in total. The average molecular weight is 284 g/mol. The third-order valence-electron chi connectivity index (χ3n) is 2.39. The van der Waals surface area contributed by atoms with Gasteiger partial charge in [-0.25, -0.2) is 0 Å². The Hall–Kier alpha value is -2.02. The Morgan fingerprint density at radius 2 is 2.20 bits per heavy atom. The van der Waals surface area contributed by atoms with E-state index in [1.165, 1.54) is 6.07 Å². The summed E-state index contributed by atoms with van der Waals surface area (Å²) in [6.07, 6.45) is 0. The molecule has 0 heterocycles. The smallest absolute Gasteiger partial charge is 0.304 e. The maximum absolute atomic E-state index is 13.3. The Morgan fingerprint density at radius 3 is 2.75 bits per heavy atom. The Labute approximate surface area is 116 Å². The van der Waals surface area contributed by atoms with Crippen molar-refractivity contribution in [2.75, 3.05) is 19.8 Å². The van der Waals surface area contributed by atoms with Crippen molar-refractivity contribution in [1.29, 1.82) is 0 Å². The number of nitro groups is 1. The van der Waals surface area contributed by atoms with Crippen LogP contribution in [0.4, 0.5) is 10.1 Å². The van der Waals surface area contributed by atoms with Gasteiger partial charge >= 0.3 is 5.69 Å². The van der Waals surface area contributed by atoms with Crippen LogP contribution in [0.25, 0.3) is 0 Å². The lowest BCUT2D eigenvalue weighted by Gasteiger charge is -2.08. The van der Waals surface area contributed by atoms with E-state index in [1.54, 1.807) is 0 Å². The van der Waals surface area contributed by atoms with Crippen LogP contribution in [0.1, 0.15) is 24.2 Å². The van der Waals surface area contributed by atoms with Crippen LogP contribution in [-0.4, -0.2) is 30.6 Å². The van der Waals surface area contributed by atoms with Crippen molar-refractivity contribution in [3.63, 3.8) is 0 Å². The molecule has 0 aliphatic carbocycles. The van der Waals surface area contributed by atoms with Crippen molar-refractivity contribution >= 4 is 11.6 Å². The zero-order valence-corrected chi connectivity index (χ0v) is 11.4. The van der Waals surface area contributed by atoms with E-state index in [0.717, 1.165) is 12.1 Å². The quantitative estimate of drug-likeness (QED) is 0.472. The second-order valence-electron chi connectivity index (χ2n) is 4.65. The number of hydrogen-bond donors (Lipinski definition) is 1. The lowest BCUT2D eigenvalue weighted by molar-refractivity contribution is -0.387. The predicted octanol–water partition coefficient (Wildman–Crippen LogP) is 2.14. The number of benzene rings is 1. The minimum Gasteiger partial charge on any atom is -0.379 e. The molecule has 0 aromatic heterocycles. The second-order valence-corrected chi connectivity index (χ2v) is 4.65. The van der Waals surface area contributed by atoms with E-state index in [9.17, 15) is 19.3 Å². The average Bonchev–Trinajstić information content (AvgIpc) is 2.37. The number of rotatable bonds is 7. The highest BCUT2D eigenvalue weighted by Gasteiger charge is 2.16. The Kier molecular flexibility index (Phi) is 6.05. The normalized spacial score (nSPS) is 10.6.